The summed E-state index contributed by atoms with van der Waals surface area (Å²) < 4.78 is 2.01. The van der Waals surface area contributed by atoms with Crippen LogP contribution in [-0.4, -0.2) is 14.8 Å². The van der Waals surface area contributed by atoms with Crippen LogP contribution >= 0.6 is 0 Å². The van der Waals surface area contributed by atoms with E-state index >= 15 is 0 Å². The van der Waals surface area contributed by atoms with Crippen molar-refractivity contribution < 1.29 is 0 Å². The molecule has 2 aromatic heterocycles. The van der Waals surface area contributed by atoms with Gasteiger partial charge in [0.15, 0.2) is 0 Å². The predicted octanol–water partition coefficient (Wildman–Crippen LogP) is 6.03. The van der Waals surface area contributed by atoms with Crippen molar-refractivity contribution >= 4 is 5.82 Å². The highest BCUT2D eigenvalue weighted by atomic mass is 15.3. The van der Waals surface area contributed by atoms with Crippen molar-refractivity contribution in [2.24, 2.45) is 0 Å². The lowest BCUT2D eigenvalue weighted by atomic mass is 10.0. The van der Waals surface area contributed by atoms with Crippen molar-refractivity contribution in [1.82, 2.24) is 14.8 Å². The van der Waals surface area contributed by atoms with Gasteiger partial charge in [0.2, 0.25) is 0 Å². The molecule has 4 nitrogen and oxygen atoms in total. The lowest BCUT2D eigenvalue weighted by Gasteiger charge is -2.17. The number of aromatic nitrogens is 3. The zero-order valence-corrected chi connectivity index (χ0v) is 17.3. The van der Waals surface area contributed by atoms with Crippen molar-refractivity contribution in [3.63, 3.8) is 0 Å². The monoisotopic (exact) mass is 382 g/mol. The number of hydrogen-bond acceptors (Lipinski definition) is 3. The van der Waals surface area contributed by atoms with E-state index in [0.29, 0.717) is 0 Å². The van der Waals surface area contributed by atoms with Gasteiger partial charge in [-0.3, -0.25) is 0 Å². The molecule has 0 bridgehead atoms. The standard InChI is InChI=1S/C25H26N4/c1-17-8-7-10-22(14-17)29-24(15-19(3)28-29)21-12-13-26-25(16-21)27-20(4)23-11-6-5-9-18(23)2/h5-16,20H,1-4H3,(H,26,27). The molecule has 0 radical (unpaired) electrons. The summed E-state index contributed by atoms with van der Waals surface area (Å²) in [5.74, 6) is 0.855. The average Bonchev–Trinajstić information content (AvgIpc) is 3.10. The van der Waals surface area contributed by atoms with Gasteiger partial charge in [-0.1, -0.05) is 36.4 Å². The number of nitrogens with one attached hydrogen (secondary N) is 1. The first-order chi connectivity index (χ1) is 14.0. The van der Waals surface area contributed by atoms with Gasteiger partial charge in [-0.05, 0) is 74.7 Å². The Hall–Kier alpha value is -3.40. The number of pyridine rings is 1. The molecular weight excluding hydrogens is 356 g/mol. The van der Waals surface area contributed by atoms with Crippen LogP contribution < -0.4 is 5.32 Å². The third-order valence-electron chi connectivity index (χ3n) is 5.15. The first kappa shape index (κ1) is 18.9. The highest BCUT2D eigenvalue weighted by molar-refractivity contribution is 5.66. The van der Waals surface area contributed by atoms with Gasteiger partial charge in [0.1, 0.15) is 5.82 Å². The van der Waals surface area contributed by atoms with Gasteiger partial charge in [0.25, 0.3) is 0 Å². The normalized spacial score (nSPS) is 12.0. The third kappa shape index (κ3) is 4.06. The van der Waals surface area contributed by atoms with Gasteiger partial charge >= 0.3 is 0 Å². The molecule has 0 fully saturated rings. The average molecular weight is 383 g/mol. The number of aryl methyl sites for hydroxylation is 3. The van der Waals surface area contributed by atoms with Crippen molar-refractivity contribution in [3.05, 3.63) is 95.3 Å². The van der Waals surface area contributed by atoms with Crippen LogP contribution in [0.2, 0.25) is 0 Å². The molecule has 0 saturated carbocycles. The Bertz CT molecular complexity index is 1140. The summed E-state index contributed by atoms with van der Waals surface area (Å²) in [6.07, 6.45) is 1.85. The highest BCUT2D eigenvalue weighted by Crippen LogP contribution is 2.27. The fraction of sp³-hybridized carbons (Fsp3) is 0.200. The van der Waals surface area contributed by atoms with E-state index in [4.69, 9.17) is 5.10 Å². The minimum absolute atomic E-state index is 0.169. The molecular formula is C25H26N4. The number of hydrogen-bond donors (Lipinski definition) is 1. The number of benzene rings is 2. The van der Waals surface area contributed by atoms with Gasteiger partial charge in [0, 0.05) is 11.8 Å². The van der Waals surface area contributed by atoms with Gasteiger partial charge in [-0.25, -0.2) is 9.67 Å². The van der Waals surface area contributed by atoms with Crippen molar-refractivity contribution in [2.45, 2.75) is 33.7 Å². The molecule has 0 amide bonds. The second-order valence-corrected chi connectivity index (χ2v) is 7.57. The minimum Gasteiger partial charge on any atom is -0.364 e. The fourth-order valence-corrected chi connectivity index (χ4v) is 3.70. The van der Waals surface area contributed by atoms with E-state index in [2.05, 4.69) is 91.7 Å². The van der Waals surface area contributed by atoms with E-state index < -0.39 is 0 Å². The minimum atomic E-state index is 0.169. The maximum atomic E-state index is 4.72. The topological polar surface area (TPSA) is 42.7 Å². The zero-order valence-electron chi connectivity index (χ0n) is 17.3. The molecule has 4 aromatic rings. The van der Waals surface area contributed by atoms with E-state index in [1.807, 2.05) is 23.9 Å². The van der Waals surface area contributed by atoms with Crippen molar-refractivity contribution in [3.8, 4) is 16.9 Å². The summed E-state index contributed by atoms with van der Waals surface area (Å²) in [6, 6.07) is 23.3. The lowest BCUT2D eigenvalue weighted by Crippen LogP contribution is -2.09. The molecule has 0 aliphatic rings. The quantitative estimate of drug-likeness (QED) is 0.458. The Morgan fingerprint density at radius 1 is 0.897 bits per heavy atom. The molecule has 2 aromatic carbocycles. The second kappa shape index (κ2) is 7.92. The molecule has 146 valence electrons. The fourth-order valence-electron chi connectivity index (χ4n) is 3.70. The third-order valence-corrected chi connectivity index (χ3v) is 5.15. The summed E-state index contributed by atoms with van der Waals surface area (Å²) >= 11 is 0. The summed E-state index contributed by atoms with van der Waals surface area (Å²) in [6.45, 7) is 8.43. The molecule has 0 spiro atoms. The molecule has 4 rings (SSSR count). The van der Waals surface area contributed by atoms with Gasteiger partial charge in [-0.2, -0.15) is 5.10 Å². The van der Waals surface area contributed by atoms with Crippen LogP contribution in [0.15, 0.2) is 72.9 Å². The summed E-state index contributed by atoms with van der Waals surface area (Å²) in [7, 11) is 0. The van der Waals surface area contributed by atoms with Crippen LogP contribution in [0.5, 0.6) is 0 Å². The second-order valence-electron chi connectivity index (χ2n) is 7.57. The Morgan fingerprint density at radius 2 is 1.72 bits per heavy atom. The molecule has 0 aliphatic heterocycles. The van der Waals surface area contributed by atoms with E-state index in [0.717, 1.165) is 28.5 Å². The van der Waals surface area contributed by atoms with Crippen LogP contribution in [0.3, 0.4) is 0 Å². The van der Waals surface area contributed by atoms with Crippen molar-refractivity contribution in [2.75, 3.05) is 5.32 Å². The van der Waals surface area contributed by atoms with Gasteiger partial charge in [0.05, 0.1) is 23.1 Å². The molecule has 0 saturated heterocycles. The number of anilines is 1. The molecule has 1 N–H and O–H groups in total. The van der Waals surface area contributed by atoms with E-state index in [1.54, 1.807) is 0 Å². The van der Waals surface area contributed by atoms with Crippen LogP contribution in [0.1, 0.15) is 35.3 Å². The van der Waals surface area contributed by atoms with Crippen LogP contribution in [-0.2, 0) is 0 Å². The highest BCUT2D eigenvalue weighted by Gasteiger charge is 2.13. The first-order valence-corrected chi connectivity index (χ1v) is 9.93. The van der Waals surface area contributed by atoms with E-state index in [9.17, 15) is 0 Å². The molecule has 1 unspecified atom stereocenters. The molecule has 0 aliphatic carbocycles. The van der Waals surface area contributed by atoms with Gasteiger partial charge < -0.3 is 5.32 Å². The van der Waals surface area contributed by atoms with Crippen LogP contribution in [0.4, 0.5) is 5.82 Å². The Kier molecular flexibility index (Phi) is 5.17. The van der Waals surface area contributed by atoms with Crippen molar-refractivity contribution in [1.29, 1.82) is 0 Å². The maximum absolute atomic E-state index is 4.72. The predicted molar refractivity (Wildman–Crippen MR) is 119 cm³/mol. The summed E-state index contributed by atoms with van der Waals surface area (Å²) in [5, 5.41) is 8.27. The van der Waals surface area contributed by atoms with Crippen LogP contribution in [0, 0.1) is 20.8 Å². The largest absolute Gasteiger partial charge is 0.364 e. The summed E-state index contributed by atoms with van der Waals surface area (Å²) in [5.41, 5.74) is 7.96. The van der Waals surface area contributed by atoms with E-state index in [-0.39, 0.29) is 6.04 Å². The van der Waals surface area contributed by atoms with Gasteiger partial charge in [-0.15, -0.1) is 0 Å². The molecule has 2 heterocycles. The van der Waals surface area contributed by atoms with E-state index in [1.165, 1.54) is 16.7 Å². The maximum Gasteiger partial charge on any atom is 0.127 e. The van der Waals surface area contributed by atoms with Crippen LogP contribution in [0.25, 0.3) is 16.9 Å². The SMILES string of the molecule is Cc1cccc(-n2nc(C)cc2-c2ccnc(NC(C)c3ccccc3C)c2)c1. The molecule has 1 atom stereocenters. The Morgan fingerprint density at radius 3 is 2.52 bits per heavy atom. The summed E-state index contributed by atoms with van der Waals surface area (Å²) in [4.78, 5) is 4.54. The lowest BCUT2D eigenvalue weighted by molar-refractivity contribution is 0.861. The molecule has 4 heteroatoms. The Labute approximate surface area is 172 Å². The number of rotatable bonds is 5. The smallest absolute Gasteiger partial charge is 0.127 e. The first-order valence-electron chi connectivity index (χ1n) is 9.93. The zero-order chi connectivity index (χ0) is 20.4. The number of nitrogens with zero attached hydrogens (tertiary/aromatic N) is 3. The molecule has 29 heavy (non-hydrogen) atoms. The Balaban J connectivity index is 1.67.